The number of fused-ring (bicyclic) bond motifs is 1. The molecule has 3 N–H and O–H groups in total. The highest BCUT2D eigenvalue weighted by Crippen LogP contribution is 2.22. The topological polar surface area (TPSA) is 64.1 Å². The van der Waals surface area contributed by atoms with Crippen molar-refractivity contribution in [2.75, 3.05) is 11.9 Å². The molecule has 2 heterocycles. The van der Waals surface area contributed by atoms with Crippen molar-refractivity contribution in [3.05, 3.63) is 24.6 Å². The number of nitrogens with zero attached hydrogens (tertiary/aromatic N) is 1. The second-order valence-corrected chi connectivity index (χ2v) is 4.21. The Hall–Kier alpha value is -1.55. The van der Waals surface area contributed by atoms with Crippen molar-refractivity contribution in [2.24, 2.45) is 5.73 Å². The normalized spacial score (nSPS) is 12.8. The van der Waals surface area contributed by atoms with Gasteiger partial charge in [0.1, 0.15) is 11.4 Å². The molecule has 1 unspecified atom stereocenters. The predicted octanol–water partition coefficient (Wildman–Crippen LogP) is 2.76. The minimum Gasteiger partial charge on any atom is -0.464 e. The van der Waals surface area contributed by atoms with E-state index >= 15 is 0 Å². The number of furan rings is 1. The summed E-state index contributed by atoms with van der Waals surface area (Å²) in [6.45, 7) is 2.80. The molecule has 0 bridgehead atoms. The first-order chi connectivity index (χ1) is 8.35. The molecule has 1 atom stereocenters. The first-order valence-corrected chi connectivity index (χ1v) is 6.14. The third kappa shape index (κ3) is 2.77. The fourth-order valence-corrected chi connectivity index (χ4v) is 1.90. The molecule has 0 aliphatic rings. The number of unbranched alkanes of at least 4 members (excludes halogenated alkanes) is 1. The summed E-state index contributed by atoms with van der Waals surface area (Å²) in [5.74, 6) is 0.864. The lowest BCUT2D eigenvalue weighted by atomic mass is 10.1. The number of aromatic nitrogens is 1. The van der Waals surface area contributed by atoms with Gasteiger partial charge in [-0.3, -0.25) is 0 Å². The van der Waals surface area contributed by atoms with Crippen molar-refractivity contribution in [3.63, 3.8) is 0 Å². The Morgan fingerprint density at radius 3 is 3.12 bits per heavy atom. The number of pyridine rings is 1. The Kier molecular flexibility index (Phi) is 3.98. The number of hydrogen-bond donors (Lipinski definition) is 2. The van der Waals surface area contributed by atoms with Gasteiger partial charge in [0.2, 0.25) is 0 Å². The average molecular weight is 233 g/mol. The molecule has 2 aromatic heterocycles. The summed E-state index contributed by atoms with van der Waals surface area (Å²) < 4.78 is 5.34. The second-order valence-electron chi connectivity index (χ2n) is 4.21. The Morgan fingerprint density at radius 1 is 1.47 bits per heavy atom. The van der Waals surface area contributed by atoms with Crippen molar-refractivity contribution in [2.45, 2.75) is 32.2 Å². The predicted molar refractivity (Wildman–Crippen MR) is 70.0 cm³/mol. The molecule has 4 nitrogen and oxygen atoms in total. The third-order valence-corrected chi connectivity index (χ3v) is 2.91. The molecule has 0 aliphatic heterocycles. The van der Waals surface area contributed by atoms with Gasteiger partial charge in [-0.1, -0.05) is 19.8 Å². The highest BCUT2D eigenvalue weighted by Gasteiger charge is 2.10. The van der Waals surface area contributed by atoms with Crippen LogP contribution >= 0.6 is 0 Å². The molecular weight excluding hydrogens is 214 g/mol. The van der Waals surface area contributed by atoms with Gasteiger partial charge in [0.25, 0.3) is 0 Å². The van der Waals surface area contributed by atoms with Crippen molar-refractivity contribution in [1.82, 2.24) is 4.98 Å². The maximum absolute atomic E-state index is 5.77. The van der Waals surface area contributed by atoms with E-state index in [-0.39, 0.29) is 6.04 Å². The second kappa shape index (κ2) is 5.68. The van der Waals surface area contributed by atoms with E-state index in [1.807, 2.05) is 12.1 Å². The quantitative estimate of drug-likeness (QED) is 0.805. The summed E-state index contributed by atoms with van der Waals surface area (Å²) in [6, 6.07) is 4.07. The molecule has 0 amide bonds. The maximum Gasteiger partial charge on any atom is 0.139 e. The smallest absolute Gasteiger partial charge is 0.139 e. The Balaban J connectivity index is 2.13. The van der Waals surface area contributed by atoms with Gasteiger partial charge in [-0.2, -0.15) is 0 Å². The minimum absolute atomic E-state index is 0.281. The summed E-state index contributed by atoms with van der Waals surface area (Å²) >= 11 is 0. The van der Waals surface area contributed by atoms with E-state index < -0.39 is 0 Å². The number of nitrogens with one attached hydrogen (secondary N) is 1. The van der Waals surface area contributed by atoms with Crippen LogP contribution in [0.1, 0.15) is 26.2 Å². The SMILES string of the molecule is CCCCC(CN)Nc1nccc2occc12. The van der Waals surface area contributed by atoms with E-state index in [0.29, 0.717) is 6.54 Å². The van der Waals surface area contributed by atoms with E-state index in [2.05, 4.69) is 17.2 Å². The first-order valence-electron chi connectivity index (χ1n) is 6.14. The zero-order chi connectivity index (χ0) is 12.1. The monoisotopic (exact) mass is 233 g/mol. The van der Waals surface area contributed by atoms with Crippen LogP contribution in [0.25, 0.3) is 11.0 Å². The summed E-state index contributed by atoms with van der Waals surface area (Å²) in [5.41, 5.74) is 6.62. The lowest BCUT2D eigenvalue weighted by Gasteiger charge is -2.17. The van der Waals surface area contributed by atoms with Gasteiger partial charge in [-0.05, 0) is 18.6 Å². The maximum atomic E-state index is 5.77. The summed E-state index contributed by atoms with van der Waals surface area (Å²) in [6.07, 6.45) is 6.86. The zero-order valence-corrected chi connectivity index (χ0v) is 10.1. The van der Waals surface area contributed by atoms with E-state index in [0.717, 1.165) is 23.2 Å². The minimum atomic E-state index is 0.281. The van der Waals surface area contributed by atoms with Gasteiger partial charge < -0.3 is 15.5 Å². The van der Waals surface area contributed by atoms with Crippen LogP contribution in [0.3, 0.4) is 0 Å². The van der Waals surface area contributed by atoms with Crippen LogP contribution < -0.4 is 11.1 Å². The van der Waals surface area contributed by atoms with Crippen molar-refractivity contribution >= 4 is 16.8 Å². The number of nitrogens with two attached hydrogens (primary N) is 1. The largest absolute Gasteiger partial charge is 0.464 e. The fourth-order valence-electron chi connectivity index (χ4n) is 1.90. The number of anilines is 1. The molecule has 4 heteroatoms. The molecule has 0 aliphatic carbocycles. The molecular formula is C13H19N3O. The van der Waals surface area contributed by atoms with Gasteiger partial charge in [0.05, 0.1) is 11.6 Å². The van der Waals surface area contributed by atoms with E-state index in [1.165, 1.54) is 12.8 Å². The number of rotatable bonds is 6. The summed E-state index contributed by atoms with van der Waals surface area (Å²) in [7, 11) is 0. The highest BCUT2D eigenvalue weighted by molar-refractivity contribution is 5.87. The van der Waals surface area contributed by atoms with Gasteiger partial charge in [0.15, 0.2) is 0 Å². The molecule has 0 aromatic carbocycles. The van der Waals surface area contributed by atoms with Crippen molar-refractivity contribution in [3.8, 4) is 0 Å². The molecule has 0 fully saturated rings. The molecule has 2 rings (SSSR count). The average Bonchev–Trinajstić information content (AvgIpc) is 2.83. The lowest BCUT2D eigenvalue weighted by molar-refractivity contribution is 0.611. The third-order valence-electron chi connectivity index (χ3n) is 2.91. The van der Waals surface area contributed by atoms with Crippen LogP contribution in [0.4, 0.5) is 5.82 Å². The Morgan fingerprint density at radius 2 is 2.35 bits per heavy atom. The molecule has 2 aromatic rings. The van der Waals surface area contributed by atoms with Crippen LogP contribution in [-0.4, -0.2) is 17.6 Å². The van der Waals surface area contributed by atoms with Crippen LogP contribution in [-0.2, 0) is 0 Å². The van der Waals surface area contributed by atoms with Gasteiger partial charge in [0, 0.05) is 18.8 Å². The standard InChI is InChI=1S/C13H19N3O/c1-2-3-4-10(9-14)16-13-11-6-8-17-12(11)5-7-15-13/h5-8,10H,2-4,9,14H2,1H3,(H,15,16). The van der Waals surface area contributed by atoms with Crippen LogP contribution in [0.2, 0.25) is 0 Å². The van der Waals surface area contributed by atoms with Crippen LogP contribution in [0.15, 0.2) is 29.0 Å². The van der Waals surface area contributed by atoms with Crippen molar-refractivity contribution in [1.29, 1.82) is 0 Å². The molecule has 17 heavy (non-hydrogen) atoms. The Labute approximate surface area is 101 Å². The summed E-state index contributed by atoms with van der Waals surface area (Å²) in [5, 5.41) is 4.41. The van der Waals surface area contributed by atoms with Gasteiger partial charge in [-0.25, -0.2) is 4.98 Å². The van der Waals surface area contributed by atoms with Gasteiger partial charge in [-0.15, -0.1) is 0 Å². The first kappa shape index (κ1) is 11.9. The van der Waals surface area contributed by atoms with Crippen molar-refractivity contribution < 1.29 is 4.42 Å². The van der Waals surface area contributed by atoms with E-state index in [9.17, 15) is 0 Å². The van der Waals surface area contributed by atoms with Crippen LogP contribution in [0, 0.1) is 0 Å². The zero-order valence-electron chi connectivity index (χ0n) is 10.1. The van der Waals surface area contributed by atoms with E-state index in [4.69, 9.17) is 10.2 Å². The lowest BCUT2D eigenvalue weighted by Crippen LogP contribution is -2.29. The molecule has 92 valence electrons. The Bertz CT molecular complexity index is 466. The van der Waals surface area contributed by atoms with Gasteiger partial charge >= 0.3 is 0 Å². The molecule has 0 saturated heterocycles. The molecule has 0 radical (unpaired) electrons. The van der Waals surface area contributed by atoms with Crippen LogP contribution in [0.5, 0.6) is 0 Å². The highest BCUT2D eigenvalue weighted by atomic mass is 16.3. The summed E-state index contributed by atoms with van der Waals surface area (Å²) in [4.78, 5) is 4.35. The molecule has 0 spiro atoms. The number of hydrogen-bond acceptors (Lipinski definition) is 4. The van der Waals surface area contributed by atoms with E-state index in [1.54, 1.807) is 12.5 Å². The fraction of sp³-hybridized carbons (Fsp3) is 0.462. The molecule has 0 saturated carbocycles.